The Morgan fingerprint density at radius 3 is 2.63 bits per heavy atom. The molecule has 0 aromatic heterocycles. The van der Waals surface area contributed by atoms with E-state index in [1.807, 2.05) is 6.92 Å². The van der Waals surface area contributed by atoms with Crippen LogP contribution in [-0.2, 0) is 10.0 Å². The van der Waals surface area contributed by atoms with E-state index >= 15 is 0 Å². The van der Waals surface area contributed by atoms with Gasteiger partial charge in [0.15, 0.2) is 0 Å². The summed E-state index contributed by atoms with van der Waals surface area (Å²) in [5, 5.41) is 9.03. The van der Waals surface area contributed by atoms with E-state index in [9.17, 15) is 8.42 Å². The third kappa shape index (κ3) is 4.07. The maximum atomic E-state index is 12.2. The highest BCUT2D eigenvalue weighted by Gasteiger charge is 2.22. The molecule has 0 amide bonds. The zero-order chi connectivity index (χ0) is 14.6. The summed E-state index contributed by atoms with van der Waals surface area (Å²) in [7, 11) is -3.74. The minimum atomic E-state index is -3.74. The van der Waals surface area contributed by atoms with E-state index in [0.717, 1.165) is 5.56 Å². The minimum absolute atomic E-state index is 0.0337. The molecule has 1 aromatic carbocycles. The van der Waals surface area contributed by atoms with Gasteiger partial charge in [-0.15, -0.1) is 0 Å². The fraction of sp³-hybridized carbons (Fsp3) is 0.500. The second-order valence-electron chi connectivity index (χ2n) is 4.38. The van der Waals surface area contributed by atoms with Crippen LogP contribution in [0.5, 0.6) is 0 Å². The molecule has 0 aliphatic heterocycles. The molecule has 0 saturated carbocycles. The van der Waals surface area contributed by atoms with Crippen molar-refractivity contribution in [1.82, 2.24) is 4.72 Å². The molecular formula is C12H19ClN2O3S. The third-order valence-electron chi connectivity index (χ3n) is 2.90. The van der Waals surface area contributed by atoms with Gasteiger partial charge < -0.3 is 10.8 Å². The summed E-state index contributed by atoms with van der Waals surface area (Å²) < 4.78 is 27.0. The summed E-state index contributed by atoms with van der Waals surface area (Å²) >= 11 is 5.97. The Morgan fingerprint density at radius 2 is 2.11 bits per heavy atom. The van der Waals surface area contributed by atoms with Gasteiger partial charge in [-0.05, 0) is 37.5 Å². The van der Waals surface area contributed by atoms with Crippen molar-refractivity contribution in [3.63, 3.8) is 0 Å². The van der Waals surface area contributed by atoms with Gasteiger partial charge in [-0.2, -0.15) is 0 Å². The van der Waals surface area contributed by atoms with Crippen LogP contribution in [0.2, 0.25) is 5.02 Å². The molecule has 0 fully saturated rings. The van der Waals surface area contributed by atoms with E-state index < -0.39 is 10.0 Å². The zero-order valence-electron chi connectivity index (χ0n) is 11.0. The molecule has 0 heterocycles. The SMILES string of the molecule is CCC(CCO)NS(=O)(=O)c1cc(N)c(C)cc1Cl. The zero-order valence-corrected chi connectivity index (χ0v) is 12.6. The minimum Gasteiger partial charge on any atom is -0.398 e. The molecule has 1 aromatic rings. The maximum Gasteiger partial charge on any atom is 0.242 e. The summed E-state index contributed by atoms with van der Waals surface area (Å²) in [4.78, 5) is -0.0337. The molecule has 1 unspecified atom stereocenters. The molecule has 1 rings (SSSR count). The number of hydrogen-bond acceptors (Lipinski definition) is 4. The van der Waals surface area contributed by atoms with Crippen LogP contribution in [0, 0.1) is 6.92 Å². The predicted octanol–water partition coefficient (Wildman–Crippen LogP) is 1.67. The molecule has 0 radical (unpaired) electrons. The van der Waals surface area contributed by atoms with Gasteiger partial charge in [-0.1, -0.05) is 18.5 Å². The lowest BCUT2D eigenvalue weighted by atomic mass is 10.2. The second-order valence-corrected chi connectivity index (χ2v) is 6.47. The number of aliphatic hydroxyl groups excluding tert-OH is 1. The average Bonchev–Trinajstić information content (AvgIpc) is 2.32. The van der Waals surface area contributed by atoms with Crippen molar-refractivity contribution in [2.24, 2.45) is 0 Å². The van der Waals surface area contributed by atoms with Crippen molar-refractivity contribution in [1.29, 1.82) is 0 Å². The number of aliphatic hydroxyl groups is 1. The number of halogens is 1. The Hall–Kier alpha value is -0.820. The summed E-state index contributed by atoms with van der Waals surface area (Å²) in [5.74, 6) is 0. The van der Waals surface area contributed by atoms with E-state index in [-0.39, 0.29) is 22.6 Å². The molecule has 7 heteroatoms. The summed E-state index contributed by atoms with van der Waals surface area (Å²) in [6.07, 6.45) is 0.938. The van der Waals surface area contributed by atoms with Gasteiger partial charge in [-0.25, -0.2) is 13.1 Å². The fourth-order valence-corrected chi connectivity index (χ4v) is 3.63. The Kier molecular flexibility index (Phi) is 5.61. The highest BCUT2D eigenvalue weighted by atomic mass is 35.5. The van der Waals surface area contributed by atoms with E-state index in [1.165, 1.54) is 12.1 Å². The summed E-state index contributed by atoms with van der Waals surface area (Å²) in [6, 6.07) is 2.55. The highest BCUT2D eigenvalue weighted by molar-refractivity contribution is 7.89. The lowest BCUT2D eigenvalue weighted by Gasteiger charge is -2.17. The number of sulfonamides is 1. The Balaban J connectivity index is 3.10. The van der Waals surface area contributed by atoms with Crippen LogP contribution < -0.4 is 10.5 Å². The van der Waals surface area contributed by atoms with Crippen LogP contribution in [0.3, 0.4) is 0 Å². The molecular weight excluding hydrogens is 288 g/mol. The Bertz CT molecular complexity index is 546. The first-order valence-electron chi connectivity index (χ1n) is 6.00. The normalized spacial score (nSPS) is 13.5. The average molecular weight is 307 g/mol. The number of hydrogen-bond donors (Lipinski definition) is 3. The van der Waals surface area contributed by atoms with Crippen LogP contribution in [-0.4, -0.2) is 26.2 Å². The maximum absolute atomic E-state index is 12.2. The molecule has 0 bridgehead atoms. The van der Waals surface area contributed by atoms with E-state index in [0.29, 0.717) is 18.5 Å². The first-order valence-corrected chi connectivity index (χ1v) is 7.86. The number of nitrogen functional groups attached to an aromatic ring is 1. The molecule has 108 valence electrons. The predicted molar refractivity (Wildman–Crippen MR) is 76.7 cm³/mol. The van der Waals surface area contributed by atoms with Crippen molar-refractivity contribution in [3.8, 4) is 0 Å². The number of nitrogens with one attached hydrogen (secondary N) is 1. The number of benzene rings is 1. The van der Waals surface area contributed by atoms with Gasteiger partial charge >= 0.3 is 0 Å². The van der Waals surface area contributed by atoms with Crippen LogP contribution in [0.1, 0.15) is 25.3 Å². The smallest absolute Gasteiger partial charge is 0.242 e. The van der Waals surface area contributed by atoms with Gasteiger partial charge in [0.05, 0.1) is 5.02 Å². The molecule has 4 N–H and O–H groups in total. The van der Waals surface area contributed by atoms with Crippen LogP contribution in [0.15, 0.2) is 17.0 Å². The first kappa shape index (κ1) is 16.2. The largest absolute Gasteiger partial charge is 0.398 e. The van der Waals surface area contributed by atoms with Crippen LogP contribution >= 0.6 is 11.6 Å². The van der Waals surface area contributed by atoms with Gasteiger partial charge in [0, 0.05) is 18.3 Å². The molecule has 0 aliphatic rings. The van der Waals surface area contributed by atoms with Crippen molar-refractivity contribution >= 4 is 27.3 Å². The Labute approximate surface area is 118 Å². The molecule has 0 spiro atoms. The monoisotopic (exact) mass is 306 g/mol. The van der Waals surface area contributed by atoms with Gasteiger partial charge in [0.25, 0.3) is 0 Å². The van der Waals surface area contributed by atoms with Gasteiger partial charge in [-0.3, -0.25) is 0 Å². The van der Waals surface area contributed by atoms with E-state index in [4.69, 9.17) is 22.4 Å². The van der Waals surface area contributed by atoms with E-state index in [1.54, 1.807) is 6.92 Å². The van der Waals surface area contributed by atoms with Crippen molar-refractivity contribution in [2.45, 2.75) is 37.6 Å². The Morgan fingerprint density at radius 1 is 1.47 bits per heavy atom. The van der Waals surface area contributed by atoms with Crippen molar-refractivity contribution < 1.29 is 13.5 Å². The highest BCUT2D eigenvalue weighted by Crippen LogP contribution is 2.27. The number of aryl methyl sites for hydroxylation is 1. The standard InChI is InChI=1S/C12H19ClN2O3S/c1-3-9(4-5-16)15-19(17,18)12-7-11(14)8(2)6-10(12)13/h6-7,9,15-16H,3-5,14H2,1-2H3. The summed E-state index contributed by atoms with van der Waals surface area (Å²) in [6.45, 7) is 3.52. The van der Waals surface area contributed by atoms with Crippen molar-refractivity contribution in [2.75, 3.05) is 12.3 Å². The lowest BCUT2D eigenvalue weighted by molar-refractivity contribution is 0.270. The number of anilines is 1. The van der Waals surface area contributed by atoms with E-state index in [2.05, 4.69) is 4.72 Å². The second kappa shape index (κ2) is 6.56. The van der Waals surface area contributed by atoms with Gasteiger partial charge in [0.1, 0.15) is 4.90 Å². The first-order chi connectivity index (χ1) is 8.81. The summed E-state index contributed by atoms with van der Waals surface area (Å²) in [5.41, 5.74) is 6.82. The quantitative estimate of drug-likeness (QED) is 0.697. The van der Waals surface area contributed by atoms with Crippen LogP contribution in [0.25, 0.3) is 0 Å². The van der Waals surface area contributed by atoms with Gasteiger partial charge in [0.2, 0.25) is 10.0 Å². The van der Waals surface area contributed by atoms with Crippen LogP contribution in [0.4, 0.5) is 5.69 Å². The molecule has 1 atom stereocenters. The lowest BCUT2D eigenvalue weighted by Crippen LogP contribution is -2.35. The fourth-order valence-electron chi connectivity index (χ4n) is 1.66. The van der Waals surface area contributed by atoms with Crippen molar-refractivity contribution in [3.05, 3.63) is 22.7 Å². The molecule has 19 heavy (non-hydrogen) atoms. The third-order valence-corrected chi connectivity index (χ3v) is 4.89. The molecule has 0 saturated heterocycles. The number of rotatable bonds is 6. The molecule has 5 nitrogen and oxygen atoms in total. The molecule has 0 aliphatic carbocycles. The topological polar surface area (TPSA) is 92.4 Å². The number of nitrogens with two attached hydrogens (primary N) is 1.